The van der Waals surface area contributed by atoms with Gasteiger partial charge in [-0.1, -0.05) is 6.07 Å². The van der Waals surface area contributed by atoms with E-state index in [1.807, 2.05) is 24.3 Å². The molecule has 0 aliphatic carbocycles. The maximum Gasteiger partial charge on any atom is 0.247 e. The first-order valence-electron chi connectivity index (χ1n) is 7.96. The molecule has 0 saturated heterocycles. The summed E-state index contributed by atoms with van der Waals surface area (Å²) in [5, 5.41) is 11.5. The Balaban J connectivity index is 1.73. The van der Waals surface area contributed by atoms with Gasteiger partial charge in [-0.15, -0.1) is 10.2 Å². The minimum Gasteiger partial charge on any atom is -0.493 e. The number of nitrogens with one attached hydrogen (secondary N) is 1. The fourth-order valence-electron chi connectivity index (χ4n) is 2.44. The Bertz CT molecular complexity index is 874. The largest absolute Gasteiger partial charge is 0.493 e. The van der Waals surface area contributed by atoms with Crippen LogP contribution in [0.25, 0.3) is 11.5 Å². The number of ether oxygens (including phenoxy) is 2. The molecule has 0 fully saturated rings. The topological polar surface area (TPSA) is 69.4 Å². The first-order chi connectivity index (χ1) is 12.1. The van der Waals surface area contributed by atoms with Crippen LogP contribution < -0.4 is 14.8 Å². The van der Waals surface area contributed by atoms with E-state index in [9.17, 15) is 0 Å². The highest BCUT2D eigenvalue weighted by atomic mass is 16.5. The summed E-state index contributed by atoms with van der Waals surface area (Å²) in [6.07, 6.45) is 0. The second-order valence-electron chi connectivity index (χ2n) is 5.72. The molecular formula is C19H21N3O3. The summed E-state index contributed by atoms with van der Waals surface area (Å²) in [5.74, 6) is 2.23. The van der Waals surface area contributed by atoms with Crippen molar-refractivity contribution < 1.29 is 13.9 Å². The summed E-state index contributed by atoms with van der Waals surface area (Å²) in [6.45, 7) is 4.64. The van der Waals surface area contributed by atoms with Crippen molar-refractivity contribution in [3.63, 3.8) is 0 Å². The van der Waals surface area contributed by atoms with Crippen LogP contribution in [0, 0.1) is 13.8 Å². The van der Waals surface area contributed by atoms with Crippen molar-refractivity contribution in [3.8, 4) is 23.0 Å². The number of hydrogen-bond donors (Lipinski definition) is 1. The number of aryl methyl sites for hydroxylation is 2. The van der Waals surface area contributed by atoms with Crippen LogP contribution in [0.5, 0.6) is 11.5 Å². The quantitative estimate of drug-likeness (QED) is 0.732. The second-order valence-corrected chi connectivity index (χ2v) is 5.72. The van der Waals surface area contributed by atoms with E-state index in [0.717, 1.165) is 11.3 Å². The van der Waals surface area contributed by atoms with Crippen LogP contribution in [0.2, 0.25) is 0 Å². The van der Waals surface area contributed by atoms with Gasteiger partial charge in [0, 0.05) is 11.3 Å². The summed E-state index contributed by atoms with van der Waals surface area (Å²) < 4.78 is 16.3. The second kappa shape index (κ2) is 7.25. The maximum absolute atomic E-state index is 5.74. The zero-order valence-corrected chi connectivity index (χ0v) is 14.8. The number of nitrogens with zero attached hydrogens (tertiary/aromatic N) is 2. The number of benzene rings is 2. The molecule has 1 heterocycles. The minimum absolute atomic E-state index is 0.442. The van der Waals surface area contributed by atoms with Crippen molar-refractivity contribution in [2.75, 3.05) is 19.5 Å². The van der Waals surface area contributed by atoms with E-state index in [2.05, 4.69) is 41.5 Å². The predicted octanol–water partition coefficient (Wildman–Crippen LogP) is 3.98. The predicted molar refractivity (Wildman–Crippen MR) is 96.1 cm³/mol. The lowest BCUT2D eigenvalue weighted by molar-refractivity contribution is 0.355. The highest BCUT2D eigenvalue weighted by Gasteiger charge is 2.12. The van der Waals surface area contributed by atoms with Gasteiger partial charge in [-0.05, 0) is 55.3 Å². The third-order valence-electron chi connectivity index (χ3n) is 4.05. The van der Waals surface area contributed by atoms with Crippen LogP contribution in [0.15, 0.2) is 40.8 Å². The Morgan fingerprint density at radius 1 is 0.920 bits per heavy atom. The normalized spacial score (nSPS) is 10.6. The molecule has 0 amide bonds. The lowest BCUT2D eigenvalue weighted by Crippen LogP contribution is -2.00. The molecule has 0 atom stereocenters. The van der Waals surface area contributed by atoms with Crippen LogP contribution >= 0.6 is 0 Å². The Kier molecular flexibility index (Phi) is 4.88. The molecule has 0 spiro atoms. The van der Waals surface area contributed by atoms with E-state index in [1.54, 1.807) is 14.2 Å². The summed E-state index contributed by atoms with van der Waals surface area (Å²) >= 11 is 0. The molecule has 2 aromatic carbocycles. The summed E-state index contributed by atoms with van der Waals surface area (Å²) in [4.78, 5) is 0. The van der Waals surface area contributed by atoms with Crippen molar-refractivity contribution in [2.24, 2.45) is 0 Å². The van der Waals surface area contributed by atoms with E-state index in [0.29, 0.717) is 29.8 Å². The molecule has 0 aliphatic rings. The van der Waals surface area contributed by atoms with E-state index >= 15 is 0 Å². The lowest BCUT2D eigenvalue weighted by atomic mass is 10.1. The molecule has 0 saturated carbocycles. The molecule has 0 aliphatic heterocycles. The smallest absolute Gasteiger partial charge is 0.247 e. The zero-order valence-electron chi connectivity index (χ0n) is 14.8. The van der Waals surface area contributed by atoms with E-state index in [1.165, 1.54) is 11.1 Å². The molecule has 0 radical (unpaired) electrons. The molecule has 3 aromatic rings. The van der Waals surface area contributed by atoms with Crippen molar-refractivity contribution in [1.29, 1.82) is 0 Å². The molecule has 3 rings (SSSR count). The zero-order chi connectivity index (χ0) is 17.8. The number of methoxy groups -OCH3 is 2. The first-order valence-corrected chi connectivity index (χ1v) is 7.96. The molecule has 130 valence electrons. The Morgan fingerprint density at radius 3 is 2.44 bits per heavy atom. The van der Waals surface area contributed by atoms with Crippen LogP contribution in [0.4, 0.5) is 5.69 Å². The van der Waals surface area contributed by atoms with Gasteiger partial charge in [0.2, 0.25) is 11.8 Å². The van der Waals surface area contributed by atoms with Gasteiger partial charge in [0.15, 0.2) is 11.5 Å². The summed E-state index contributed by atoms with van der Waals surface area (Å²) in [7, 11) is 3.19. The van der Waals surface area contributed by atoms with Crippen LogP contribution in [-0.4, -0.2) is 24.4 Å². The van der Waals surface area contributed by atoms with Gasteiger partial charge in [0.1, 0.15) is 0 Å². The minimum atomic E-state index is 0.442. The van der Waals surface area contributed by atoms with E-state index in [4.69, 9.17) is 13.9 Å². The molecule has 1 aromatic heterocycles. The van der Waals surface area contributed by atoms with Crippen molar-refractivity contribution in [1.82, 2.24) is 10.2 Å². The van der Waals surface area contributed by atoms with Crippen molar-refractivity contribution >= 4 is 5.69 Å². The van der Waals surface area contributed by atoms with Crippen LogP contribution in [-0.2, 0) is 6.54 Å². The van der Waals surface area contributed by atoms with Crippen molar-refractivity contribution in [2.45, 2.75) is 20.4 Å². The Morgan fingerprint density at radius 2 is 1.72 bits per heavy atom. The van der Waals surface area contributed by atoms with Gasteiger partial charge in [-0.2, -0.15) is 0 Å². The monoisotopic (exact) mass is 339 g/mol. The van der Waals surface area contributed by atoms with Gasteiger partial charge in [0.05, 0.1) is 20.8 Å². The average Bonchev–Trinajstić information content (AvgIpc) is 3.11. The lowest BCUT2D eigenvalue weighted by Gasteiger charge is -2.07. The van der Waals surface area contributed by atoms with Gasteiger partial charge in [-0.25, -0.2) is 0 Å². The molecule has 6 nitrogen and oxygen atoms in total. The van der Waals surface area contributed by atoms with Gasteiger partial charge < -0.3 is 19.2 Å². The van der Waals surface area contributed by atoms with E-state index < -0.39 is 0 Å². The molecular weight excluding hydrogens is 318 g/mol. The molecule has 0 unspecified atom stereocenters. The van der Waals surface area contributed by atoms with Gasteiger partial charge in [0.25, 0.3) is 0 Å². The summed E-state index contributed by atoms with van der Waals surface area (Å²) in [6, 6.07) is 11.7. The number of aromatic nitrogens is 2. The third-order valence-corrected chi connectivity index (χ3v) is 4.05. The molecule has 6 heteroatoms. The van der Waals surface area contributed by atoms with Crippen LogP contribution in [0.1, 0.15) is 17.0 Å². The first kappa shape index (κ1) is 16.8. The Hall–Kier alpha value is -3.02. The fourth-order valence-corrected chi connectivity index (χ4v) is 2.44. The summed E-state index contributed by atoms with van der Waals surface area (Å²) in [5.41, 5.74) is 4.30. The number of hydrogen-bond acceptors (Lipinski definition) is 6. The maximum atomic E-state index is 5.74. The Labute approximate surface area is 146 Å². The highest BCUT2D eigenvalue weighted by molar-refractivity contribution is 5.59. The van der Waals surface area contributed by atoms with Crippen molar-refractivity contribution in [3.05, 3.63) is 53.4 Å². The average molecular weight is 339 g/mol. The number of rotatable bonds is 6. The fraction of sp³-hybridized carbons (Fsp3) is 0.263. The third kappa shape index (κ3) is 3.74. The van der Waals surface area contributed by atoms with Crippen LogP contribution in [0.3, 0.4) is 0 Å². The highest BCUT2D eigenvalue weighted by Crippen LogP contribution is 2.31. The standard InChI is InChI=1S/C19H21N3O3/c1-12-5-7-15(9-13(12)2)20-11-18-21-22-19(25-18)14-6-8-16(23-3)17(10-14)24-4/h5-10,20H,11H2,1-4H3. The van der Waals surface area contributed by atoms with Gasteiger partial charge in [-0.3, -0.25) is 0 Å². The SMILES string of the molecule is COc1ccc(-c2nnc(CNc3ccc(C)c(C)c3)o2)cc1OC. The molecule has 25 heavy (non-hydrogen) atoms. The molecule has 0 bridgehead atoms. The molecule has 1 N–H and O–H groups in total. The number of anilines is 1. The van der Waals surface area contributed by atoms with E-state index in [-0.39, 0.29) is 0 Å². The van der Waals surface area contributed by atoms with Gasteiger partial charge >= 0.3 is 0 Å².